The van der Waals surface area contributed by atoms with E-state index in [0.29, 0.717) is 0 Å². The number of nitrogens with zero attached hydrogens (tertiary/aromatic N) is 1. The minimum absolute atomic E-state index is 0.0976. The Kier molecular flexibility index (Phi) is 4.00. The molecule has 12 heavy (non-hydrogen) atoms. The van der Waals surface area contributed by atoms with Crippen LogP contribution in [0.4, 0.5) is 0 Å². The van der Waals surface area contributed by atoms with Gasteiger partial charge < -0.3 is 4.74 Å². The third kappa shape index (κ3) is 2.71. The zero-order valence-electron chi connectivity index (χ0n) is 7.98. The Bertz CT molecular complexity index is 140. The first kappa shape index (κ1) is 10.5. The van der Waals surface area contributed by atoms with Crippen molar-refractivity contribution in [3.63, 3.8) is 0 Å². The molecule has 1 unspecified atom stereocenters. The predicted molar refractivity (Wildman–Crippen MR) is 54.9 cm³/mol. The number of halogens is 1. The van der Waals surface area contributed by atoms with Crippen molar-refractivity contribution in [1.29, 1.82) is 0 Å². The van der Waals surface area contributed by atoms with Gasteiger partial charge in [0.05, 0.1) is 5.60 Å². The Morgan fingerprint density at radius 2 is 2.33 bits per heavy atom. The van der Waals surface area contributed by atoms with Crippen molar-refractivity contribution in [3.05, 3.63) is 0 Å². The molecule has 3 heteroatoms. The van der Waals surface area contributed by atoms with Crippen LogP contribution in [0.2, 0.25) is 0 Å². The van der Waals surface area contributed by atoms with E-state index in [1.165, 1.54) is 19.4 Å². The highest BCUT2D eigenvalue weighted by atomic mass is 79.9. The lowest BCUT2D eigenvalue weighted by Gasteiger charge is -2.39. The summed E-state index contributed by atoms with van der Waals surface area (Å²) in [4.78, 5) is 2.46. The standard InChI is InChI=1S/C9H18BrNO/c1-9(12-2)4-3-6-11(8-9)7-5-10/h3-8H2,1-2H3. The molecule has 0 aromatic heterocycles. The summed E-state index contributed by atoms with van der Waals surface area (Å²) >= 11 is 3.46. The maximum atomic E-state index is 5.50. The van der Waals surface area contributed by atoms with Gasteiger partial charge >= 0.3 is 0 Å². The Labute approximate surface area is 83.4 Å². The fourth-order valence-corrected chi connectivity index (χ4v) is 2.29. The van der Waals surface area contributed by atoms with Crippen molar-refractivity contribution in [1.82, 2.24) is 4.90 Å². The lowest BCUT2D eigenvalue weighted by Crippen LogP contribution is -2.47. The molecule has 0 bridgehead atoms. The third-order valence-electron chi connectivity index (χ3n) is 2.63. The van der Waals surface area contributed by atoms with E-state index in [2.05, 4.69) is 27.8 Å². The van der Waals surface area contributed by atoms with Gasteiger partial charge in [0.15, 0.2) is 0 Å². The average molecular weight is 236 g/mol. The number of hydrogen-bond acceptors (Lipinski definition) is 2. The Hall–Kier alpha value is 0.400. The highest BCUT2D eigenvalue weighted by Gasteiger charge is 2.29. The van der Waals surface area contributed by atoms with Gasteiger partial charge in [0.1, 0.15) is 0 Å². The van der Waals surface area contributed by atoms with Crippen LogP contribution in [0, 0.1) is 0 Å². The van der Waals surface area contributed by atoms with Gasteiger partial charge in [-0.3, -0.25) is 4.90 Å². The second-order valence-electron chi connectivity index (χ2n) is 3.72. The first-order valence-corrected chi connectivity index (χ1v) is 5.66. The lowest BCUT2D eigenvalue weighted by atomic mass is 9.95. The molecular weight excluding hydrogens is 218 g/mol. The molecule has 1 aliphatic rings. The van der Waals surface area contributed by atoms with E-state index >= 15 is 0 Å². The summed E-state index contributed by atoms with van der Waals surface area (Å²) in [6.07, 6.45) is 2.46. The molecule has 1 fully saturated rings. The van der Waals surface area contributed by atoms with Crippen LogP contribution < -0.4 is 0 Å². The van der Waals surface area contributed by atoms with Crippen molar-refractivity contribution < 1.29 is 4.74 Å². The highest BCUT2D eigenvalue weighted by molar-refractivity contribution is 9.09. The molecule has 0 amide bonds. The van der Waals surface area contributed by atoms with Gasteiger partial charge in [-0.15, -0.1) is 0 Å². The molecule has 1 atom stereocenters. The summed E-state index contributed by atoms with van der Waals surface area (Å²) in [6, 6.07) is 0. The van der Waals surface area contributed by atoms with Crippen molar-refractivity contribution in [2.24, 2.45) is 0 Å². The van der Waals surface area contributed by atoms with Crippen LogP contribution in [0.15, 0.2) is 0 Å². The van der Waals surface area contributed by atoms with Gasteiger partial charge in [0.2, 0.25) is 0 Å². The van der Waals surface area contributed by atoms with E-state index in [9.17, 15) is 0 Å². The summed E-state index contributed by atoms with van der Waals surface area (Å²) in [5, 5.41) is 1.06. The smallest absolute Gasteiger partial charge is 0.0777 e. The van der Waals surface area contributed by atoms with Gasteiger partial charge in [-0.2, -0.15) is 0 Å². The minimum atomic E-state index is 0.0976. The van der Waals surface area contributed by atoms with Crippen molar-refractivity contribution >= 4 is 15.9 Å². The van der Waals surface area contributed by atoms with Crippen LogP contribution in [0.25, 0.3) is 0 Å². The largest absolute Gasteiger partial charge is 0.377 e. The SMILES string of the molecule is COC1(C)CCCN(CCBr)C1. The highest BCUT2D eigenvalue weighted by Crippen LogP contribution is 2.23. The van der Waals surface area contributed by atoms with Crippen LogP contribution in [0.1, 0.15) is 19.8 Å². The Balaban J connectivity index is 2.39. The van der Waals surface area contributed by atoms with Crippen LogP contribution in [0.5, 0.6) is 0 Å². The number of ether oxygens (including phenoxy) is 1. The summed E-state index contributed by atoms with van der Waals surface area (Å²) in [6.45, 7) is 5.64. The van der Waals surface area contributed by atoms with Gasteiger partial charge in [0, 0.05) is 25.5 Å². The topological polar surface area (TPSA) is 12.5 Å². The Morgan fingerprint density at radius 3 is 2.92 bits per heavy atom. The number of piperidine rings is 1. The molecule has 0 spiro atoms. The van der Waals surface area contributed by atoms with E-state index < -0.39 is 0 Å². The zero-order valence-corrected chi connectivity index (χ0v) is 9.56. The van der Waals surface area contributed by atoms with E-state index in [-0.39, 0.29) is 5.60 Å². The number of likely N-dealkylation sites (tertiary alicyclic amines) is 1. The summed E-state index contributed by atoms with van der Waals surface area (Å²) in [5.74, 6) is 0. The molecule has 1 heterocycles. The maximum absolute atomic E-state index is 5.50. The molecule has 1 rings (SSSR count). The predicted octanol–water partition coefficient (Wildman–Crippen LogP) is 1.88. The summed E-state index contributed by atoms with van der Waals surface area (Å²) < 4.78 is 5.50. The van der Waals surface area contributed by atoms with Gasteiger partial charge in [0.25, 0.3) is 0 Å². The van der Waals surface area contributed by atoms with Crippen LogP contribution in [0.3, 0.4) is 0 Å². The second-order valence-corrected chi connectivity index (χ2v) is 4.52. The first-order chi connectivity index (χ1) is 5.70. The zero-order chi connectivity index (χ0) is 9.03. The number of alkyl halides is 1. The molecule has 0 aromatic rings. The average Bonchev–Trinajstić information content (AvgIpc) is 2.05. The van der Waals surface area contributed by atoms with Gasteiger partial charge in [-0.1, -0.05) is 15.9 Å². The number of rotatable bonds is 3. The molecule has 0 radical (unpaired) electrons. The Morgan fingerprint density at radius 1 is 1.58 bits per heavy atom. The minimum Gasteiger partial charge on any atom is -0.377 e. The third-order valence-corrected chi connectivity index (χ3v) is 2.99. The monoisotopic (exact) mass is 235 g/mol. The van der Waals surface area contributed by atoms with Gasteiger partial charge in [-0.25, -0.2) is 0 Å². The van der Waals surface area contributed by atoms with E-state index in [1.807, 2.05) is 7.11 Å². The molecule has 2 nitrogen and oxygen atoms in total. The lowest BCUT2D eigenvalue weighted by molar-refractivity contribution is -0.0490. The molecule has 1 saturated heterocycles. The quantitative estimate of drug-likeness (QED) is 0.694. The molecule has 0 aromatic carbocycles. The molecular formula is C9H18BrNO. The van der Waals surface area contributed by atoms with Crippen LogP contribution in [-0.2, 0) is 4.74 Å². The van der Waals surface area contributed by atoms with E-state index in [0.717, 1.165) is 18.4 Å². The number of hydrogen-bond donors (Lipinski definition) is 0. The maximum Gasteiger partial charge on any atom is 0.0777 e. The summed E-state index contributed by atoms with van der Waals surface area (Å²) in [5.41, 5.74) is 0.0976. The second kappa shape index (κ2) is 4.58. The van der Waals surface area contributed by atoms with Crippen molar-refractivity contribution in [2.75, 3.05) is 32.1 Å². The first-order valence-electron chi connectivity index (χ1n) is 4.54. The van der Waals surface area contributed by atoms with Gasteiger partial charge in [-0.05, 0) is 26.3 Å². The van der Waals surface area contributed by atoms with Crippen molar-refractivity contribution in [3.8, 4) is 0 Å². The summed E-state index contributed by atoms with van der Waals surface area (Å²) in [7, 11) is 1.82. The number of methoxy groups -OCH3 is 1. The van der Waals surface area contributed by atoms with Crippen molar-refractivity contribution in [2.45, 2.75) is 25.4 Å². The molecule has 72 valence electrons. The molecule has 0 N–H and O–H groups in total. The molecule has 0 aliphatic carbocycles. The fourth-order valence-electron chi connectivity index (χ4n) is 1.78. The molecule has 1 aliphatic heterocycles. The van der Waals surface area contributed by atoms with E-state index in [1.54, 1.807) is 0 Å². The normalized spacial score (nSPS) is 32.2. The van der Waals surface area contributed by atoms with Crippen LogP contribution >= 0.6 is 15.9 Å². The van der Waals surface area contributed by atoms with Crippen LogP contribution in [-0.4, -0.2) is 42.6 Å². The molecule has 0 saturated carbocycles. The fraction of sp³-hybridized carbons (Fsp3) is 1.00. The van der Waals surface area contributed by atoms with E-state index in [4.69, 9.17) is 4.74 Å².